The van der Waals surface area contributed by atoms with Gasteiger partial charge in [0.05, 0.1) is 26.3 Å². The lowest BCUT2D eigenvalue weighted by atomic mass is 10.0. The Morgan fingerprint density at radius 1 is 1.21 bits per heavy atom. The summed E-state index contributed by atoms with van der Waals surface area (Å²) in [5.74, 6) is -1.83. The summed E-state index contributed by atoms with van der Waals surface area (Å²) in [5.41, 5.74) is 0.309. The maximum atomic E-state index is 13.6. The number of carbonyl (C=O) groups is 3. The number of methoxy groups -OCH3 is 2. The molecule has 0 fully saturated rings. The van der Waals surface area contributed by atoms with E-state index >= 15 is 0 Å². The molecule has 1 aromatic heterocycles. The number of esters is 2. The van der Waals surface area contributed by atoms with Crippen LogP contribution in [0.2, 0.25) is 0 Å². The van der Waals surface area contributed by atoms with Gasteiger partial charge in [-0.1, -0.05) is 0 Å². The van der Waals surface area contributed by atoms with Crippen molar-refractivity contribution >= 4 is 18.2 Å². The lowest BCUT2D eigenvalue weighted by molar-refractivity contribution is -0.141. The fourth-order valence-electron chi connectivity index (χ4n) is 1.67. The minimum atomic E-state index is -0.732. The second kappa shape index (κ2) is 6.67. The van der Waals surface area contributed by atoms with Crippen molar-refractivity contribution in [1.29, 1.82) is 0 Å². The molecule has 6 nitrogen and oxygen atoms in total. The van der Waals surface area contributed by atoms with Crippen LogP contribution in [0.25, 0.3) is 0 Å². The van der Waals surface area contributed by atoms with Crippen molar-refractivity contribution in [2.45, 2.75) is 19.3 Å². The molecule has 0 atom stereocenters. The minimum absolute atomic E-state index is 0.0252. The molecule has 0 aliphatic rings. The van der Waals surface area contributed by atoms with E-state index in [4.69, 9.17) is 0 Å². The van der Waals surface area contributed by atoms with E-state index in [0.29, 0.717) is 6.29 Å². The van der Waals surface area contributed by atoms with Gasteiger partial charge in [0.1, 0.15) is 0 Å². The van der Waals surface area contributed by atoms with Crippen molar-refractivity contribution in [2.75, 3.05) is 14.2 Å². The zero-order valence-corrected chi connectivity index (χ0v) is 10.6. The number of aromatic amines is 1. The normalized spacial score (nSPS) is 10.1. The van der Waals surface area contributed by atoms with Crippen molar-refractivity contribution in [1.82, 2.24) is 4.98 Å². The Morgan fingerprint density at radius 3 is 2.37 bits per heavy atom. The Hall–Kier alpha value is -2.18. The number of aldehydes is 1. The molecule has 1 rings (SSSR count). The first-order valence-corrected chi connectivity index (χ1v) is 5.51. The molecule has 0 aliphatic heterocycles. The third kappa shape index (κ3) is 3.64. The van der Waals surface area contributed by atoms with Crippen LogP contribution in [0, 0.1) is 5.95 Å². The van der Waals surface area contributed by atoms with E-state index in [-0.39, 0.29) is 36.1 Å². The number of carbonyl (C=O) groups excluding carboxylic acids is 3. The molecular formula is C12H14FNO5. The van der Waals surface area contributed by atoms with E-state index in [0.717, 1.165) is 0 Å². The molecule has 0 radical (unpaired) electrons. The minimum Gasteiger partial charge on any atom is -0.469 e. The summed E-state index contributed by atoms with van der Waals surface area (Å²) in [5, 5.41) is 0. The zero-order valence-electron chi connectivity index (χ0n) is 10.6. The highest BCUT2D eigenvalue weighted by Gasteiger charge is 2.20. The van der Waals surface area contributed by atoms with Crippen molar-refractivity contribution in [3.05, 3.63) is 22.8 Å². The van der Waals surface area contributed by atoms with Crippen LogP contribution in [0.4, 0.5) is 4.39 Å². The number of halogens is 1. The summed E-state index contributed by atoms with van der Waals surface area (Å²) in [7, 11) is 2.42. The van der Waals surface area contributed by atoms with Crippen molar-refractivity contribution in [3.63, 3.8) is 0 Å². The molecule has 0 unspecified atom stereocenters. The summed E-state index contributed by atoms with van der Waals surface area (Å²) in [6.45, 7) is 0. The van der Waals surface area contributed by atoms with Gasteiger partial charge in [-0.25, -0.2) is 0 Å². The largest absolute Gasteiger partial charge is 0.469 e. The molecule has 0 aromatic carbocycles. The van der Waals surface area contributed by atoms with Crippen LogP contribution in [0.15, 0.2) is 0 Å². The van der Waals surface area contributed by atoms with Gasteiger partial charge in [-0.15, -0.1) is 0 Å². The van der Waals surface area contributed by atoms with E-state index in [1.54, 1.807) is 0 Å². The third-order valence-electron chi connectivity index (χ3n) is 2.67. The molecule has 0 saturated carbocycles. The number of ether oxygens (including phenoxy) is 2. The Kier molecular flexibility index (Phi) is 5.23. The van der Waals surface area contributed by atoms with Crippen LogP contribution >= 0.6 is 0 Å². The first-order valence-electron chi connectivity index (χ1n) is 5.51. The number of hydrogen-bond acceptors (Lipinski definition) is 5. The predicted octanol–water partition coefficient (Wildman–Crippen LogP) is 0.787. The van der Waals surface area contributed by atoms with E-state index in [2.05, 4.69) is 14.5 Å². The molecule has 1 aromatic rings. The van der Waals surface area contributed by atoms with Gasteiger partial charge in [0.25, 0.3) is 0 Å². The van der Waals surface area contributed by atoms with Crippen LogP contribution in [-0.4, -0.2) is 37.4 Å². The van der Waals surface area contributed by atoms with Gasteiger partial charge in [-0.2, -0.15) is 4.39 Å². The summed E-state index contributed by atoms with van der Waals surface area (Å²) in [6.07, 6.45) is 0.178. The van der Waals surface area contributed by atoms with Crippen LogP contribution in [0.5, 0.6) is 0 Å². The summed E-state index contributed by atoms with van der Waals surface area (Å²) >= 11 is 0. The number of H-pyrrole nitrogens is 1. The van der Waals surface area contributed by atoms with Crippen molar-refractivity contribution < 1.29 is 28.2 Å². The maximum Gasteiger partial charge on any atom is 0.310 e. The van der Waals surface area contributed by atoms with Gasteiger partial charge in [0.15, 0.2) is 12.2 Å². The SMILES string of the molecule is COC(=O)CCc1c(F)[nH]c(C=O)c1CC(=O)OC. The van der Waals surface area contributed by atoms with Crippen LogP contribution in [0.3, 0.4) is 0 Å². The molecule has 0 amide bonds. The number of aromatic nitrogens is 1. The fourth-order valence-corrected chi connectivity index (χ4v) is 1.67. The molecule has 19 heavy (non-hydrogen) atoms. The molecule has 0 spiro atoms. The van der Waals surface area contributed by atoms with Gasteiger partial charge in [-0.05, 0) is 12.0 Å². The topological polar surface area (TPSA) is 85.5 Å². The van der Waals surface area contributed by atoms with Gasteiger partial charge < -0.3 is 14.5 Å². The monoisotopic (exact) mass is 271 g/mol. The average Bonchev–Trinajstić information content (AvgIpc) is 2.71. The van der Waals surface area contributed by atoms with E-state index < -0.39 is 17.9 Å². The molecular weight excluding hydrogens is 257 g/mol. The van der Waals surface area contributed by atoms with Crippen LogP contribution in [0.1, 0.15) is 28.0 Å². The molecule has 0 bridgehead atoms. The second-order valence-corrected chi connectivity index (χ2v) is 3.76. The summed E-state index contributed by atoms with van der Waals surface area (Å²) in [4.78, 5) is 35.3. The first kappa shape index (κ1) is 14.9. The molecule has 1 heterocycles. The lowest BCUT2D eigenvalue weighted by Crippen LogP contribution is -2.09. The lowest BCUT2D eigenvalue weighted by Gasteiger charge is -2.04. The molecule has 104 valence electrons. The molecule has 7 heteroatoms. The third-order valence-corrected chi connectivity index (χ3v) is 2.67. The highest BCUT2D eigenvalue weighted by atomic mass is 19.1. The predicted molar refractivity (Wildman–Crippen MR) is 62.2 cm³/mol. The average molecular weight is 271 g/mol. The van der Waals surface area contributed by atoms with Crippen molar-refractivity contribution in [2.24, 2.45) is 0 Å². The van der Waals surface area contributed by atoms with Crippen LogP contribution < -0.4 is 0 Å². The smallest absolute Gasteiger partial charge is 0.310 e. The van der Waals surface area contributed by atoms with E-state index in [1.807, 2.05) is 0 Å². The Morgan fingerprint density at radius 2 is 1.84 bits per heavy atom. The van der Waals surface area contributed by atoms with Gasteiger partial charge in [-0.3, -0.25) is 14.4 Å². The molecule has 1 N–H and O–H groups in total. The van der Waals surface area contributed by atoms with Crippen molar-refractivity contribution in [3.8, 4) is 0 Å². The summed E-state index contributed by atoms with van der Waals surface area (Å²) in [6, 6.07) is 0. The van der Waals surface area contributed by atoms with E-state index in [1.165, 1.54) is 14.2 Å². The Bertz CT molecular complexity index is 495. The summed E-state index contributed by atoms with van der Waals surface area (Å²) < 4.78 is 22.6. The number of rotatable bonds is 6. The quantitative estimate of drug-likeness (QED) is 0.610. The standard InChI is InChI=1S/C12H14FNO5/c1-18-10(16)4-3-7-8(5-11(17)19-2)9(6-15)14-12(7)13/h6,14H,3-5H2,1-2H3. The highest BCUT2D eigenvalue weighted by Crippen LogP contribution is 2.20. The van der Waals surface area contributed by atoms with Gasteiger partial charge in [0, 0.05) is 12.0 Å². The number of nitrogens with one attached hydrogen (secondary N) is 1. The zero-order chi connectivity index (χ0) is 14.4. The fraction of sp³-hybridized carbons (Fsp3) is 0.417. The second-order valence-electron chi connectivity index (χ2n) is 3.76. The number of hydrogen-bond donors (Lipinski definition) is 1. The Labute approximate surface area is 108 Å². The van der Waals surface area contributed by atoms with Crippen LogP contribution in [-0.2, 0) is 31.9 Å². The maximum absolute atomic E-state index is 13.6. The molecule has 0 aliphatic carbocycles. The highest BCUT2D eigenvalue weighted by molar-refractivity contribution is 5.81. The molecule has 0 saturated heterocycles. The van der Waals surface area contributed by atoms with E-state index in [9.17, 15) is 18.8 Å². The van der Waals surface area contributed by atoms with Gasteiger partial charge >= 0.3 is 11.9 Å². The first-order chi connectivity index (χ1) is 9.03. The Balaban J connectivity index is 3.00. The van der Waals surface area contributed by atoms with Gasteiger partial charge in [0.2, 0.25) is 0 Å².